The predicted octanol–water partition coefficient (Wildman–Crippen LogP) is 2.53. The molecule has 1 amide bonds. The maximum atomic E-state index is 12.1. The first kappa shape index (κ1) is 19.7. The zero-order valence-electron chi connectivity index (χ0n) is 16.8. The Hall–Kier alpha value is -3.62. The van der Waals surface area contributed by atoms with Crippen LogP contribution in [0.4, 0.5) is 11.5 Å². The van der Waals surface area contributed by atoms with E-state index in [9.17, 15) is 9.90 Å². The molecule has 0 saturated carbocycles. The summed E-state index contributed by atoms with van der Waals surface area (Å²) >= 11 is 0. The SMILES string of the molecule is CN1CCNC(=O)CCCCOc2cccc(c2)N=Cc2c(O)[nH]c3ncnc1c23. The minimum atomic E-state index is -0.0287. The van der Waals surface area contributed by atoms with Crippen LogP contribution in [0.3, 0.4) is 0 Å². The van der Waals surface area contributed by atoms with Gasteiger partial charge in [0.05, 0.1) is 23.2 Å². The molecular weight excluding hydrogens is 384 g/mol. The van der Waals surface area contributed by atoms with E-state index in [2.05, 4.69) is 25.3 Å². The molecule has 1 aromatic carbocycles. The Bertz CT molecular complexity index is 1080. The number of carbonyl (C=O) groups excluding carboxylic acids is 1. The van der Waals surface area contributed by atoms with E-state index in [0.29, 0.717) is 60.0 Å². The number of hydrogen-bond donors (Lipinski definition) is 3. The van der Waals surface area contributed by atoms with Crippen LogP contribution in [-0.4, -0.2) is 58.9 Å². The topological polar surface area (TPSA) is 116 Å². The molecule has 2 bridgehead atoms. The van der Waals surface area contributed by atoms with Crippen LogP contribution in [0.2, 0.25) is 0 Å². The minimum Gasteiger partial charge on any atom is -0.494 e. The highest BCUT2D eigenvalue weighted by Crippen LogP contribution is 2.31. The molecule has 2 aromatic heterocycles. The van der Waals surface area contributed by atoms with Crippen molar-refractivity contribution >= 4 is 34.7 Å². The number of nitrogens with one attached hydrogen (secondary N) is 2. The number of H-pyrrole nitrogens is 1. The first-order chi connectivity index (χ1) is 14.6. The van der Waals surface area contributed by atoms with Crippen molar-refractivity contribution in [1.82, 2.24) is 20.3 Å². The number of carbonyl (C=O) groups is 1. The molecule has 0 atom stereocenters. The second-order valence-corrected chi connectivity index (χ2v) is 7.14. The first-order valence-corrected chi connectivity index (χ1v) is 9.92. The standard InChI is InChI=1S/C21H24N6O3/c1-27-9-8-22-17(28)7-2-3-10-30-15-6-4-5-14(11-15)23-12-16-18-19(26-21(16)29)24-13-25-20(18)27/h4-6,11-13,29H,2-3,7-10H2,1H3,(H,22,28)(H,24,25,26). The summed E-state index contributed by atoms with van der Waals surface area (Å²) in [6.07, 6.45) is 5.05. The minimum absolute atomic E-state index is 0.0199. The van der Waals surface area contributed by atoms with E-state index in [1.165, 1.54) is 6.33 Å². The van der Waals surface area contributed by atoms with Crippen LogP contribution >= 0.6 is 0 Å². The van der Waals surface area contributed by atoms with Gasteiger partial charge in [-0.05, 0) is 25.0 Å². The van der Waals surface area contributed by atoms with Gasteiger partial charge in [0.2, 0.25) is 5.91 Å². The van der Waals surface area contributed by atoms with Crippen molar-refractivity contribution in [2.45, 2.75) is 19.3 Å². The van der Waals surface area contributed by atoms with E-state index in [0.717, 1.165) is 12.8 Å². The number of fused-ring (bicyclic) bond motifs is 2. The van der Waals surface area contributed by atoms with E-state index < -0.39 is 0 Å². The zero-order chi connectivity index (χ0) is 20.9. The van der Waals surface area contributed by atoms with Gasteiger partial charge in [-0.25, -0.2) is 9.97 Å². The fraction of sp³-hybridized carbons (Fsp3) is 0.333. The Morgan fingerprint density at radius 1 is 1.23 bits per heavy atom. The monoisotopic (exact) mass is 408 g/mol. The number of hydrogen-bond acceptors (Lipinski definition) is 7. The Morgan fingerprint density at radius 2 is 2.13 bits per heavy atom. The quantitative estimate of drug-likeness (QED) is 0.526. The molecule has 3 N–H and O–H groups in total. The Balaban J connectivity index is 1.73. The van der Waals surface area contributed by atoms with Crippen LogP contribution in [0.25, 0.3) is 11.0 Å². The van der Waals surface area contributed by atoms with Gasteiger partial charge in [0.25, 0.3) is 0 Å². The number of aliphatic imine (C=N–C) groups is 1. The van der Waals surface area contributed by atoms with Crippen LogP contribution < -0.4 is 15.0 Å². The molecule has 0 unspecified atom stereocenters. The normalized spacial score (nSPS) is 15.9. The lowest BCUT2D eigenvalue weighted by Gasteiger charge is -2.19. The van der Waals surface area contributed by atoms with Crippen molar-refractivity contribution in [3.8, 4) is 11.6 Å². The molecule has 1 aliphatic rings. The summed E-state index contributed by atoms with van der Waals surface area (Å²) in [4.78, 5) is 30.0. The van der Waals surface area contributed by atoms with Crippen molar-refractivity contribution in [3.63, 3.8) is 0 Å². The summed E-state index contributed by atoms with van der Waals surface area (Å²) in [5.41, 5.74) is 1.72. The molecule has 156 valence electrons. The van der Waals surface area contributed by atoms with Gasteiger partial charge in [-0.1, -0.05) is 6.07 Å². The van der Waals surface area contributed by atoms with E-state index >= 15 is 0 Å². The van der Waals surface area contributed by atoms with Crippen LogP contribution in [-0.2, 0) is 4.79 Å². The summed E-state index contributed by atoms with van der Waals surface area (Å²) in [5, 5.41) is 14.0. The molecule has 4 rings (SSSR count). The lowest BCUT2D eigenvalue weighted by atomic mass is 10.2. The fourth-order valence-electron chi connectivity index (χ4n) is 3.36. The molecule has 3 aromatic rings. The second-order valence-electron chi connectivity index (χ2n) is 7.14. The third-order valence-electron chi connectivity index (χ3n) is 4.95. The number of ether oxygens (including phenoxy) is 1. The van der Waals surface area contributed by atoms with Gasteiger partial charge >= 0.3 is 0 Å². The van der Waals surface area contributed by atoms with Gasteiger partial charge in [0, 0.05) is 38.8 Å². The van der Waals surface area contributed by atoms with Gasteiger partial charge in [-0.15, -0.1) is 0 Å². The molecule has 0 aliphatic carbocycles. The highest BCUT2D eigenvalue weighted by Gasteiger charge is 2.18. The largest absolute Gasteiger partial charge is 0.494 e. The van der Waals surface area contributed by atoms with Gasteiger partial charge in [0.1, 0.15) is 23.5 Å². The van der Waals surface area contributed by atoms with Crippen molar-refractivity contribution in [2.24, 2.45) is 4.99 Å². The Morgan fingerprint density at radius 3 is 3.03 bits per heavy atom. The van der Waals surface area contributed by atoms with Crippen LogP contribution in [0.1, 0.15) is 24.8 Å². The molecule has 30 heavy (non-hydrogen) atoms. The number of aromatic amines is 1. The summed E-state index contributed by atoms with van der Waals surface area (Å²) in [6.45, 7) is 1.58. The summed E-state index contributed by atoms with van der Waals surface area (Å²) in [5.74, 6) is 1.35. The van der Waals surface area contributed by atoms with E-state index in [1.807, 2.05) is 36.2 Å². The van der Waals surface area contributed by atoms with Crippen molar-refractivity contribution in [2.75, 3.05) is 31.6 Å². The van der Waals surface area contributed by atoms with E-state index in [-0.39, 0.29) is 11.8 Å². The molecule has 1 aliphatic heterocycles. The van der Waals surface area contributed by atoms with Gasteiger partial charge in [0.15, 0.2) is 5.88 Å². The van der Waals surface area contributed by atoms with E-state index in [1.54, 1.807) is 6.21 Å². The fourth-order valence-corrected chi connectivity index (χ4v) is 3.36. The molecule has 0 radical (unpaired) electrons. The first-order valence-electron chi connectivity index (χ1n) is 9.92. The molecule has 3 heterocycles. The number of likely N-dealkylation sites (N-methyl/N-ethyl adjacent to an activating group) is 1. The summed E-state index contributed by atoms with van der Waals surface area (Å²) in [6, 6.07) is 7.43. The second kappa shape index (κ2) is 8.81. The van der Waals surface area contributed by atoms with Gasteiger partial charge in [-0.2, -0.15) is 0 Å². The van der Waals surface area contributed by atoms with Crippen molar-refractivity contribution < 1.29 is 14.6 Å². The van der Waals surface area contributed by atoms with Gasteiger partial charge < -0.3 is 25.0 Å². The Kier molecular flexibility index (Phi) is 5.78. The average Bonchev–Trinajstić information content (AvgIpc) is 3.06. The van der Waals surface area contributed by atoms with Crippen LogP contribution in [0.15, 0.2) is 35.6 Å². The number of rotatable bonds is 0. The van der Waals surface area contributed by atoms with Gasteiger partial charge in [-0.3, -0.25) is 9.79 Å². The lowest BCUT2D eigenvalue weighted by molar-refractivity contribution is -0.121. The van der Waals surface area contributed by atoms with E-state index in [4.69, 9.17) is 4.74 Å². The van der Waals surface area contributed by atoms with Crippen molar-refractivity contribution in [1.29, 1.82) is 0 Å². The predicted molar refractivity (Wildman–Crippen MR) is 115 cm³/mol. The molecule has 0 spiro atoms. The number of aromatic hydroxyl groups is 1. The third kappa shape index (κ3) is 4.35. The number of nitrogens with zero attached hydrogens (tertiary/aromatic N) is 4. The van der Waals surface area contributed by atoms with Crippen LogP contribution in [0.5, 0.6) is 11.6 Å². The smallest absolute Gasteiger partial charge is 0.220 e. The summed E-state index contributed by atoms with van der Waals surface area (Å²) < 4.78 is 5.78. The number of anilines is 1. The molecule has 9 nitrogen and oxygen atoms in total. The maximum absolute atomic E-state index is 12.1. The lowest BCUT2D eigenvalue weighted by Crippen LogP contribution is -2.33. The molecule has 0 saturated heterocycles. The number of aromatic nitrogens is 3. The highest BCUT2D eigenvalue weighted by atomic mass is 16.5. The molecule has 0 fully saturated rings. The number of amides is 1. The van der Waals surface area contributed by atoms with Crippen molar-refractivity contribution in [3.05, 3.63) is 36.2 Å². The highest BCUT2D eigenvalue weighted by molar-refractivity contribution is 6.06. The van der Waals surface area contributed by atoms with Crippen LogP contribution in [0, 0.1) is 0 Å². The number of benzene rings is 1. The average molecular weight is 408 g/mol. The maximum Gasteiger partial charge on any atom is 0.220 e. The molecular formula is C21H24N6O3. The summed E-state index contributed by atoms with van der Waals surface area (Å²) in [7, 11) is 1.89. The molecule has 9 heteroatoms. The zero-order valence-corrected chi connectivity index (χ0v) is 16.8. The Labute approximate surface area is 173 Å². The third-order valence-corrected chi connectivity index (χ3v) is 4.95.